The molecule has 7 heteroatoms. The lowest BCUT2D eigenvalue weighted by molar-refractivity contribution is 0.406. The van der Waals surface area contributed by atoms with Crippen LogP contribution in [0.1, 0.15) is 33.3 Å². The summed E-state index contributed by atoms with van der Waals surface area (Å²) in [5.41, 5.74) is -0.550. The van der Waals surface area contributed by atoms with Crippen LogP contribution in [0.5, 0.6) is 0 Å². The van der Waals surface area contributed by atoms with Gasteiger partial charge in [-0.1, -0.05) is 27.7 Å². The molecule has 0 saturated carbocycles. The molecule has 0 bridgehead atoms. The first-order valence-electron chi connectivity index (χ1n) is 6.76. The Hall–Kier alpha value is -1.05. The van der Waals surface area contributed by atoms with Crippen LogP contribution in [0.15, 0.2) is 17.0 Å². The summed E-state index contributed by atoms with van der Waals surface area (Å²) in [6.07, 6.45) is 0. The van der Waals surface area contributed by atoms with Crippen molar-refractivity contribution < 1.29 is 17.2 Å². The van der Waals surface area contributed by atoms with Crippen molar-refractivity contribution in [3.8, 4) is 0 Å². The van der Waals surface area contributed by atoms with E-state index in [9.17, 15) is 17.2 Å². The Morgan fingerprint density at radius 1 is 1.19 bits per heavy atom. The average Bonchev–Trinajstić information content (AvgIpc) is 2.35. The van der Waals surface area contributed by atoms with Gasteiger partial charge in [-0.3, -0.25) is 0 Å². The summed E-state index contributed by atoms with van der Waals surface area (Å²) in [4.78, 5) is -0.527. The third-order valence-electron chi connectivity index (χ3n) is 2.78. The average molecular weight is 320 g/mol. The van der Waals surface area contributed by atoms with Crippen LogP contribution in [0.4, 0.5) is 8.78 Å². The Kier molecular flexibility index (Phi) is 5.83. The lowest BCUT2D eigenvalue weighted by Gasteiger charge is -2.19. The highest BCUT2D eigenvalue weighted by Gasteiger charge is 2.24. The smallest absolute Gasteiger partial charge is 0.243 e. The summed E-state index contributed by atoms with van der Waals surface area (Å²) in [5, 5.41) is 2.79. The first-order chi connectivity index (χ1) is 9.58. The summed E-state index contributed by atoms with van der Waals surface area (Å²) in [7, 11) is -4.01. The van der Waals surface area contributed by atoms with Gasteiger partial charge in [0.05, 0.1) is 0 Å². The molecule has 0 fully saturated rings. The molecule has 120 valence electrons. The zero-order chi connectivity index (χ0) is 16.3. The summed E-state index contributed by atoms with van der Waals surface area (Å²) >= 11 is 0. The van der Waals surface area contributed by atoms with E-state index < -0.39 is 26.6 Å². The Morgan fingerprint density at radius 2 is 1.81 bits per heavy atom. The molecule has 0 aliphatic heterocycles. The Balaban J connectivity index is 3.13. The first-order valence-corrected chi connectivity index (χ1v) is 8.24. The highest BCUT2D eigenvalue weighted by molar-refractivity contribution is 7.89. The minimum absolute atomic E-state index is 0.0587. The number of nitrogens with one attached hydrogen (secondary N) is 2. The van der Waals surface area contributed by atoms with Crippen molar-refractivity contribution in [3.05, 3.63) is 29.3 Å². The van der Waals surface area contributed by atoms with E-state index in [1.165, 1.54) is 0 Å². The van der Waals surface area contributed by atoms with Gasteiger partial charge >= 0.3 is 0 Å². The van der Waals surface area contributed by atoms with E-state index in [1.807, 2.05) is 20.8 Å². The number of hydrogen-bond acceptors (Lipinski definition) is 3. The molecule has 1 rings (SSSR count). The van der Waals surface area contributed by atoms with Crippen molar-refractivity contribution in [1.29, 1.82) is 0 Å². The van der Waals surface area contributed by atoms with Gasteiger partial charge < -0.3 is 5.32 Å². The van der Waals surface area contributed by atoms with Crippen LogP contribution < -0.4 is 10.0 Å². The molecule has 1 aromatic carbocycles. The third-order valence-corrected chi connectivity index (χ3v) is 4.20. The number of halogens is 2. The van der Waals surface area contributed by atoms with E-state index in [2.05, 4.69) is 10.0 Å². The van der Waals surface area contributed by atoms with Crippen LogP contribution in [-0.2, 0) is 16.6 Å². The van der Waals surface area contributed by atoms with Crippen molar-refractivity contribution in [3.63, 3.8) is 0 Å². The van der Waals surface area contributed by atoms with E-state index in [-0.39, 0.29) is 24.1 Å². The van der Waals surface area contributed by atoms with Crippen molar-refractivity contribution in [1.82, 2.24) is 10.0 Å². The molecule has 0 atom stereocenters. The van der Waals surface area contributed by atoms with Crippen LogP contribution >= 0.6 is 0 Å². The van der Waals surface area contributed by atoms with Gasteiger partial charge in [0.25, 0.3) is 0 Å². The molecular formula is C14H22F2N2O2S. The monoisotopic (exact) mass is 320 g/mol. The van der Waals surface area contributed by atoms with E-state index in [4.69, 9.17) is 0 Å². The van der Waals surface area contributed by atoms with Gasteiger partial charge in [-0.2, -0.15) is 0 Å². The van der Waals surface area contributed by atoms with Gasteiger partial charge in [-0.25, -0.2) is 21.9 Å². The molecule has 2 N–H and O–H groups in total. The quantitative estimate of drug-likeness (QED) is 0.846. The standard InChI is InChI=1S/C14H22F2N2O2S/c1-5-17-8-10-11(15)6-7-12(13(10)16)21(19,20)18-9-14(2,3)4/h6-7,17-18H,5,8-9H2,1-4H3. The molecule has 0 amide bonds. The zero-order valence-electron chi connectivity index (χ0n) is 12.8. The highest BCUT2D eigenvalue weighted by Crippen LogP contribution is 2.22. The maximum absolute atomic E-state index is 14.3. The second-order valence-electron chi connectivity index (χ2n) is 6.00. The number of hydrogen-bond donors (Lipinski definition) is 2. The van der Waals surface area contributed by atoms with Crippen molar-refractivity contribution in [2.45, 2.75) is 39.1 Å². The lowest BCUT2D eigenvalue weighted by Crippen LogP contribution is -2.33. The fourth-order valence-corrected chi connectivity index (χ4v) is 2.97. The van der Waals surface area contributed by atoms with Crippen molar-refractivity contribution in [2.24, 2.45) is 5.41 Å². The summed E-state index contributed by atoms with van der Waals surface area (Å²) < 4.78 is 54.5. The van der Waals surface area contributed by atoms with Crippen LogP contribution in [0, 0.1) is 17.0 Å². The minimum atomic E-state index is -4.01. The zero-order valence-corrected chi connectivity index (χ0v) is 13.6. The van der Waals surface area contributed by atoms with Gasteiger partial charge in [0.2, 0.25) is 10.0 Å². The number of sulfonamides is 1. The molecule has 0 aliphatic carbocycles. The maximum Gasteiger partial charge on any atom is 0.243 e. The minimum Gasteiger partial charge on any atom is -0.313 e. The molecular weight excluding hydrogens is 298 g/mol. The van der Waals surface area contributed by atoms with E-state index in [1.54, 1.807) is 6.92 Å². The Labute approximate surface area is 125 Å². The molecule has 21 heavy (non-hydrogen) atoms. The van der Waals surface area contributed by atoms with Crippen molar-refractivity contribution in [2.75, 3.05) is 13.1 Å². The molecule has 0 unspecified atom stereocenters. The topological polar surface area (TPSA) is 58.2 Å². The fourth-order valence-electron chi connectivity index (χ4n) is 1.59. The molecule has 0 spiro atoms. The van der Waals surface area contributed by atoms with Crippen LogP contribution in [0.3, 0.4) is 0 Å². The highest BCUT2D eigenvalue weighted by atomic mass is 32.2. The molecule has 0 heterocycles. The Bertz CT molecular complexity index is 596. The second-order valence-corrected chi connectivity index (χ2v) is 7.74. The molecule has 0 aliphatic rings. The predicted molar refractivity (Wildman–Crippen MR) is 78.4 cm³/mol. The molecule has 0 saturated heterocycles. The Morgan fingerprint density at radius 3 is 2.33 bits per heavy atom. The second kappa shape index (κ2) is 6.81. The van der Waals surface area contributed by atoms with Gasteiger partial charge in [0.15, 0.2) is 5.82 Å². The molecule has 0 radical (unpaired) electrons. The van der Waals surface area contributed by atoms with Crippen LogP contribution in [-0.4, -0.2) is 21.5 Å². The molecule has 0 aromatic heterocycles. The molecule has 1 aromatic rings. The summed E-state index contributed by atoms with van der Waals surface area (Å²) in [6.45, 7) is 7.98. The van der Waals surface area contributed by atoms with Gasteiger partial charge in [-0.05, 0) is 24.1 Å². The lowest BCUT2D eigenvalue weighted by atomic mass is 9.98. The SMILES string of the molecule is CCNCc1c(F)ccc(S(=O)(=O)NCC(C)(C)C)c1F. The predicted octanol–water partition coefficient (Wildman–Crippen LogP) is 2.40. The van der Waals surface area contributed by atoms with Gasteiger partial charge in [-0.15, -0.1) is 0 Å². The van der Waals surface area contributed by atoms with Gasteiger partial charge in [0.1, 0.15) is 10.7 Å². The van der Waals surface area contributed by atoms with E-state index >= 15 is 0 Å². The van der Waals surface area contributed by atoms with Crippen LogP contribution in [0.2, 0.25) is 0 Å². The summed E-state index contributed by atoms with van der Waals surface area (Å²) in [5.74, 6) is -1.81. The summed E-state index contributed by atoms with van der Waals surface area (Å²) in [6, 6.07) is 1.92. The number of benzene rings is 1. The third kappa shape index (κ3) is 5.01. The van der Waals surface area contributed by atoms with Crippen LogP contribution in [0.25, 0.3) is 0 Å². The maximum atomic E-state index is 14.3. The largest absolute Gasteiger partial charge is 0.313 e. The van der Waals surface area contributed by atoms with Crippen molar-refractivity contribution >= 4 is 10.0 Å². The van der Waals surface area contributed by atoms with E-state index in [0.717, 1.165) is 12.1 Å². The molecule has 4 nitrogen and oxygen atoms in total. The normalized spacial score (nSPS) is 12.7. The van der Waals surface area contributed by atoms with E-state index in [0.29, 0.717) is 6.54 Å². The fraction of sp³-hybridized carbons (Fsp3) is 0.571. The first kappa shape index (κ1) is 18.0. The van der Waals surface area contributed by atoms with Gasteiger partial charge in [0, 0.05) is 18.7 Å². The number of rotatable bonds is 6.